The van der Waals surface area contributed by atoms with Gasteiger partial charge in [-0.15, -0.1) is 0 Å². The number of carbonyl (C=O) groups is 1. The number of aryl methyl sites for hydroxylation is 2. The predicted octanol–water partition coefficient (Wildman–Crippen LogP) is 2.21. The molecule has 2 rings (SSSR count). The molecule has 2 N–H and O–H groups in total. The second-order valence-corrected chi connectivity index (χ2v) is 5.05. The van der Waals surface area contributed by atoms with E-state index in [1.807, 2.05) is 26.0 Å². The van der Waals surface area contributed by atoms with E-state index >= 15 is 0 Å². The lowest BCUT2D eigenvalue weighted by Gasteiger charge is -2.08. The van der Waals surface area contributed by atoms with E-state index in [4.69, 9.17) is 4.74 Å². The number of rotatable bonds is 6. The molecule has 0 aliphatic heterocycles. The van der Waals surface area contributed by atoms with Crippen LogP contribution < -0.4 is 10.6 Å². The average molecular weight is 300 g/mol. The second kappa shape index (κ2) is 7.51. The summed E-state index contributed by atoms with van der Waals surface area (Å²) in [6.45, 7) is 5.00. The second-order valence-electron chi connectivity index (χ2n) is 5.05. The normalized spacial score (nSPS) is 10.3. The van der Waals surface area contributed by atoms with Gasteiger partial charge >= 0.3 is 0 Å². The molecule has 2 aromatic rings. The summed E-state index contributed by atoms with van der Waals surface area (Å²) in [7, 11) is 1.59. The van der Waals surface area contributed by atoms with Gasteiger partial charge in [0.1, 0.15) is 0 Å². The van der Waals surface area contributed by atoms with Crippen LogP contribution in [0.4, 0.5) is 11.6 Å². The lowest BCUT2D eigenvalue weighted by molar-refractivity contribution is 0.0936. The molecule has 0 saturated heterocycles. The smallest absolute Gasteiger partial charge is 0.254 e. The summed E-state index contributed by atoms with van der Waals surface area (Å²) >= 11 is 0. The number of hydrogen-bond donors (Lipinski definition) is 2. The molecule has 0 bridgehead atoms. The number of nitrogens with zero attached hydrogens (tertiary/aromatic N) is 2. The van der Waals surface area contributed by atoms with Crippen molar-refractivity contribution >= 4 is 17.5 Å². The van der Waals surface area contributed by atoms with E-state index in [1.165, 1.54) is 12.4 Å². The number of nitrogens with one attached hydrogen (secondary N) is 2. The Morgan fingerprint density at radius 1 is 1.14 bits per heavy atom. The van der Waals surface area contributed by atoms with Gasteiger partial charge in [0.15, 0.2) is 0 Å². The quantitative estimate of drug-likeness (QED) is 0.800. The Labute approximate surface area is 129 Å². The van der Waals surface area contributed by atoms with Crippen molar-refractivity contribution in [3.05, 3.63) is 47.3 Å². The van der Waals surface area contributed by atoms with Crippen LogP contribution >= 0.6 is 0 Å². The van der Waals surface area contributed by atoms with Crippen LogP contribution in [0.1, 0.15) is 21.5 Å². The minimum Gasteiger partial charge on any atom is -0.383 e. The van der Waals surface area contributed by atoms with Gasteiger partial charge in [0.05, 0.1) is 12.2 Å². The van der Waals surface area contributed by atoms with E-state index in [9.17, 15) is 4.79 Å². The van der Waals surface area contributed by atoms with Crippen molar-refractivity contribution in [2.75, 3.05) is 25.6 Å². The molecular formula is C16H20N4O2. The molecule has 0 atom stereocenters. The molecule has 116 valence electrons. The highest BCUT2D eigenvalue weighted by Crippen LogP contribution is 2.16. The van der Waals surface area contributed by atoms with Gasteiger partial charge in [-0.25, -0.2) is 9.97 Å². The summed E-state index contributed by atoms with van der Waals surface area (Å²) in [5.74, 6) is 0.244. The lowest BCUT2D eigenvalue weighted by Crippen LogP contribution is -2.27. The molecule has 1 aromatic carbocycles. The molecule has 1 amide bonds. The third-order valence-corrected chi connectivity index (χ3v) is 2.98. The summed E-state index contributed by atoms with van der Waals surface area (Å²) < 4.78 is 4.88. The summed E-state index contributed by atoms with van der Waals surface area (Å²) in [6, 6.07) is 6.13. The fraction of sp³-hybridized carbons (Fsp3) is 0.312. The molecule has 6 nitrogen and oxygen atoms in total. The number of carbonyl (C=O) groups excluding carboxylic acids is 1. The molecule has 0 aliphatic carbocycles. The Balaban J connectivity index is 2.01. The van der Waals surface area contributed by atoms with E-state index < -0.39 is 0 Å². The number of benzene rings is 1. The van der Waals surface area contributed by atoms with Crippen LogP contribution in [-0.4, -0.2) is 36.1 Å². The maximum Gasteiger partial charge on any atom is 0.254 e. The van der Waals surface area contributed by atoms with Gasteiger partial charge in [-0.05, 0) is 37.1 Å². The van der Waals surface area contributed by atoms with Crippen molar-refractivity contribution in [3.8, 4) is 0 Å². The predicted molar refractivity (Wildman–Crippen MR) is 85.4 cm³/mol. The minimum atomic E-state index is -0.213. The maximum absolute atomic E-state index is 11.8. The monoisotopic (exact) mass is 300 g/mol. The van der Waals surface area contributed by atoms with Gasteiger partial charge in [0.2, 0.25) is 5.95 Å². The Kier molecular flexibility index (Phi) is 5.43. The van der Waals surface area contributed by atoms with Crippen molar-refractivity contribution in [3.63, 3.8) is 0 Å². The van der Waals surface area contributed by atoms with Crippen LogP contribution in [-0.2, 0) is 4.74 Å². The molecule has 0 fully saturated rings. The van der Waals surface area contributed by atoms with E-state index in [2.05, 4.69) is 26.7 Å². The molecule has 0 spiro atoms. The van der Waals surface area contributed by atoms with Crippen LogP contribution in [0.25, 0.3) is 0 Å². The van der Waals surface area contributed by atoms with E-state index in [1.54, 1.807) is 7.11 Å². The van der Waals surface area contributed by atoms with Crippen LogP contribution in [0, 0.1) is 13.8 Å². The van der Waals surface area contributed by atoms with Crippen molar-refractivity contribution in [2.45, 2.75) is 13.8 Å². The van der Waals surface area contributed by atoms with Crippen LogP contribution in [0.5, 0.6) is 0 Å². The van der Waals surface area contributed by atoms with E-state index in [0.717, 1.165) is 16.8 Å². The van der Waals surface area contributed by atoms with Gasteiger partial charge in [-0.1, -0.05) is 6.07 Å². The number of anilines is 2. The molecule has 0 unspecified atom stereocenters. The lowest BCUT2D eigenvalue weighted by atomic mass is 10.1. The molecule has 0 saturated carbocycles. The van der Waals surface area contributed by atoms with Crippen LogP contribution in [0.15, 0.2) is 30.6 Å². The van der Waals surface area contributed by atoms with Crippen molar-refractivity contribution in [1.29, 1.82) is 0 Å². The first-order valence-corrected chi connectivity index (χ1v) is 7.03. The Morgan fingerprint density at radius 3 is 2.36 bits per heavy atom. The summed E-state index contributed by atoms with van der Waals surface area (Å²) in [5, 5.41) is 5.85. The van der Waals surface area contributed by atoms with E-state index in [-0.39, 0.29) is 5.91 Å². The molecule has 1 heterocycles. The molecule has 0 radical (unpaired) electrons. The average Bonchev–Trinajstić information content (AvgIpc) is 2.47. The van der Waals surface area contributed by atoms with Gasteiger partial charge in [0.25, 0.3) is 5.91 Å². The first kappa shape index (κ1) is 15.9. The number of methoxy groups -OCH3 is 1. The highest BCUT2D eigenvalue weighted by atomic mass is 16.5. The third kappa shape index (κ3) is 4.53. The number of amides is 1. The van der Waals surface area contributed by atoms with Crippen molar-refractivity contribution in [2.24, 2.45) is 0 Å². The Hall–Kier alpha value is -2.47. The molecule has 22 heavy (non-hydrogen) atoms. The van der Waals surface area contributed by atoms with Crippen LogP contribution in [0.3, 0.4) is 0 Å². The minimum absolute atomic E-state index is 0.213. The van der Waals surface area contributed by atoms with Crippen molar-refractivity contribution in [1.82, 2.24) is 15.3 Å². The Morgan fingerprint density at radius 2 is 1.77 bits per heavy atom. The van der Waals surface area contributed by atoms with Gasteiger partial charge in [-0.3, -0.25) is 4.79 Å². The number of hydrogen-bond acceptors (Lipinski definition) is 5. The fourth-order valence-electron chi connectivity index (χ4n) is 2.05. The summed E-state index contributed by atoms with van der Waals surface area (Å²) in [5.41, 5.74) is 3.67. The SMILES string of the molecule is COCCNC(=O)c1cnc(Nc2cc(C)cc(C)c2)nc1. The third-order valence-electron chi connectivity index (χ3n) is 2.98. The summed E-state index contributed by atoms with van der Waals surface area (Å²) in [4.78, 5) is 20.1. The molecule has 0 aliphatic rings. The first-order chi connectivity index (χ1) is 10.6. The van der Waals surface area contributed by atoms with Gasteiger partial charge < -0.3 is 15.4 Å². The van der Waals surface area contributed by atoms with E-state index in [0.29, 0.717) is 24.7 Å². The number of aromatic nitrogens is 2. The molecule has 6 heteroatoms. The zero-order valence-corrected chi connectivity index (χ0v) is 13.0. The topological polar surface area (TPSA) is 76.1 Å². The number of ether oxygens (including phenoxy) is 1. The zero-order valence-electron chi connectivity index (χ0n) is 13.0. The van der Waals surface area contributed by atoms with Crippen molar-refractivity contribution < 1.29 is 9.53 Å². The molecular weight excluding hydrogens is 280 g/mol. The van der Waals surface area contributed by atoms with Crippen LogP contribution in [0.2, 0.25) is 0 Å². The first-order valence-electron chi connectivity index (χ1n) is 7.03. The maximum atomic E-state index is 11.8. The Bertz CT molecular complexity index is 621. The fourth-order valence-corrected chi connectivity index (χ4v) is 2.05. The highest BCUT2D eigenvalue weighted by Gasteiger charge is 2.06. The standard InChI is InChI=1S/C16H20N4O2/c1-11-6-12(2)8-14(7-11)20-16-18-9-13(10-19-16)15(21)17-4-5-22-3/h6-10H,4-5H2,1-3H3,(H,17,21)(H,18,19,20). The summed E-state index contributed by atoms with van der Waals surface area (Å²) in [6.07, 6.45) is 3.00. The van der Waals surface area contributed by atoms with Gasteiger partial charge in [-0.2, -0.15) is 0 Å². The largest absolute Gasteiger partial charge is 0.383 e. The van der Waals surface area contributed by atoms with Gasteiger partial charge in [0, 0.05) is 31.7 Å². The zero-order chi connectivity index (χ0) is 15.9. The highest BCUT2D eigenvalue weighted by molar-refractivity contribution is 5.93. The molecule has 1 aromatic heterocycles.